The first kappa shape index (κ1) is 14.0. The average molecular weight is 266 g/mol. The minimum atomic E-state index is -1.00. The number of carbonyl (C=O) groups excluding carboxylic acids is 1. The van der Waals surface area contributed by atoms with Gasteiger partial charge in [0, 0.05) is 6.42 Å². The topological polar surface area (TPSA) is 60.2 Å². The molecule has 1 heterocycles. The van der Waals surface area contributed by atoms with Crippen LogP contribution >= 0.6 is 0 Å². The minimum absolute atomic E-state index is 0.456. The van der Waals surface area contributed by atoms with Gasteiger partial charge in [-0.3, -0.25) is 0 Å². The number of carbonyl (C=O) groups is 1. The Morgan fingerprint density at radius 1 is 1.26 bits per heavy atom. The van der Waals surface area contributed by atoms with Crippen LogP contribution in [-0.2, 0) is 14.5 Å². The molecule has 1 aliphatic heterocycles. The van der Waals surface area contributed by atoms with E-state index >= 15 is 0 Å². The summed E-state index contributed by atoms with van der Waals surface area (Å²) in [5, 5.41) is 7.84. The van der Waals surface area contributed by atoms with Crippen LogP contribution in [0.1, 0.15) is 65.2 Å². The number of oxime groups is 2. The van der Waals surface area contributed by atoms with Gasteiger partial charge in [-0.2, -0.15) is 0 Å². The van der Waals surface area contributed by atoms with E-state index in [1.54, 1.807) is 6.92 Å². The molecule has 106 valence electrons. The van der Waals surface area contributed by atoms with Gasteiger partial charge in [-0.1, -0.05) is 29.6 Å². The zero-order valence-electron chi connectivity index (χ0n) is 11.8. The molecule has 0 amide bonds. The molecule has 2 rings (SSSR count). The van der Waals surface area contributed by atoms with Crippen molar-refractivity contribution >= 4 is 17.4 Å². The molecular formula is C14H22N2O3. The monoisotopic (exact) mass is 266 g/mol. The highest BCUT2D eigenvalue weighted by atomic mass is 16.7. The molecular weight excluding hydrogens is 244 g/mol. The lowest BCUT2D eigenvalue weighted by Crippen LogP contribution is -2.36. The zero-order chi connectivity index (χ0) is 13.7. The predicted molar refractivity (Wildman–Crippen MR) is 73.1 cm³/mol. The third-order valence-electron chi connectivity index (χ3n) is 3.62. The Morgan fingerprint density at radius 3 is 2.47 bits per heavy atom. The van der Waals surface area contributed by atoms with Crippen molar-refractivity contribution in [1.82, 2.24) is 0 Å². The Hall–Kier alpha value is -1.39. The second kappa shape index (κ2) is 6.17. The summed E-state index contributed by atoms with van der Waals surface area (Å²) in [6, 6.07) is 0. The van der Waals surface area contributed by atoms with Crippen LogP contribution in [0.2, 0.25) is 0 Å². The van der Waals surface area contributed by atoms with Gasteiger partial charge in [0.25, 0.3) is 0 Å². The van der Waals surface area contributed by atoms with E-state index < -0.39 is 11.6 Å². The first-order valence-corrected chi connectivity index (χ1v) is 7.09. The van der Waals surface area contributed by atoms with Crippen molar-refractivity contribution < 1.29 is 14.5 Å². The molecule has 5 nitrogen and oxygen atoms in total. The van der Waals surface area contributed by atoms with Crippen molar-refractivity contribution in [3.8, 4) is 0 Å². The van der Waals surface area contributed by atoms with E-state index in [0.717, 1.165) is 37.1 Å². The van der Waals surface area contributed by atoms with Gasteiger partial charge < -0.3 is 9.68 Å². The van der Waals surface area contributed by atoms with E-state index in [-0.39, 0.29) is 0 Å². The molecule has 1 atom stereocenters. The molecule has 0 aromatic heterocycles. The number of nitrogens with zero attached hydrogens (tertiary/aromatic N) is 2. The summed E-state index contributed by atoms with van der Waals surface area (Å²) in [6.07, 6.45) is 8.37. The zero-order valence-corrected chi connectivity index (χ0v) is 11.8. The summed E-state index contributed by atoms with van der Waals surface area (Å²) < 4.78 is 0. The number of rotatable bonds is 2. The van der Waals surface area contributed by atoms with Gasteiger partial charge in [-0.15, -0.1) is 0 Å². The summed E-state index contributed by atoms with van der Waals surface area (Å²) in [7, 11) is 0. The molecule has 0 spiro atoms. The second-order valence-corrected chi connectivity index (χ2v) is 5.63. The average Bonchev–Trinajstić information content (AvgIpc) is 2.69. The first-order valence-electron chi connectivity index (χ1n) is 7.09. The Labute approximate surface area is 114 Å². The lowest BCUT2D eigenvalue weighted by atomic mass is 9.99. The highest BCUT2D eigenvalue weighted by molar-refractivity contribution is 5.92. The molecule has 5 heteroatoms. The van der Waals surface area contributed by atoms with Crippen molar-refractivity contribution in [2.75, 3.05) is 0 Å². The van der Waals surface area contributed by atoms with E-state index in [0.29, 0.717) is 6.42 Å². The summed E-state index contributed by atoms with van der Waals surface area (Å²) in [6.45, 7) is 3.52. The molecule has 1 aliphatic carbocycles. The Bertz CT molecular complexity index is 393. The summed E-state index contributed by atoms with van der Waals surface area (Å²) >= 11 is 0. The molecule has 0 bridgehead atoms. The molecule has 0 aromatic carbocycles. The van der Waals surface area contributed by atoms with Crippen molar-refractivity contribution in [3.05, 3.63) is 0 Å². The number of hydrogen-bond acceptors (Lipinski definition) is 5. The summed E-state index contributed by atoms with van der Waals surface area (Å²) in [5.74, 6) is -0.456. The fraction of sp³-hybridized carbons (Fsp3) is 0.786. The largest absolute Gasteiger partial charge is 0.381 e. The Balaban J connectivity index is 1.88. The van der Waals surface area contributed by atoms with Gasteiger partial charge in [0.15, 0.2) is 0 Å². The molecule has 1 saturated carbocycles. The lowest BCUT2D eigenvalue weighted by molar-refractivity contribution is -0.167. The SMILES string of the molecule is CC1=NOC(C)(C(=O)ON=C2CCCCCCC2)C1. The van der Waals surface area contributed by atoms with Crippen LogP contribution in [0.5, 0.6) is 0 Å². The van der Waals surface area contributed by atoms with Crippen LogP contribution in [0.3, 0.4) is 0 Å². The van der Waals surface area contributed by atoms with Crippen LogP contribution in [-0.4, -0.2) is 23.0 Å². The van der Waals surface area contributed by atoms with Gasteiger partial charge in [-0.25, -0.2) is 4.79 Å². The first-order chi connectivity index (χ1) is 9.10. The van der Waals surface area contributed by atoms with Crippen molar-refractivity contribution in [3.63, 3.8) is 0 Å². The number of hydrogen-bond donors (Lipinski definition) is 0. The third-order valence-corrected chi connectivity index (χ3v) is 3.62. The third kappa shape index (κ3) is 3.78. The van der Waals surface area contributed by atoms with E-state index in [1.165, 1.54) is 19.3 Å². The van der Waals surface area contributed by atoms with E-state index in [9.17, 15) is 4.79 Å². The molecule has 1 fully saturated rings. The van der Waals surface area contributed by atoms with Crippen molar-refractivity contribution in [1.29, 1.82) is 0 Å². The van der Waals surface area contributed by atoms with E-state index in [2.05, 4.69) is 10.3 Å². The summed E-state index contributed by atoms with van der Waals surface area (Å²) in [4.78, 5) is 22.2. The van der Waals surface area contributed by atoms with E-state index in [4.69, 9.17) is 9.68 Å². The lowest BCUT2D eigenvalue weighted by Gasteiger charge is -2.17. The molecule has 2 aliphatic rings. The van der Waals surface area contributed by atoms with Gasteiger partial charge in [-0.05, 0) is 39.5 Å². The predicted octanol–water partition coefficient (Wildman–Crippen LogP) is 3.18. The smallest absolute Gasteiger partial charge is 0.377 e. The molecule has 0 radical (unpaired) electrons. The Morgan fingerprint density at radius 2 is 1.89 bits per heavy atom. The highest BCUT2D eigenvalue weighted by Gasteiger charge is 2.43. The van der Waals surface area contributed by atoms with Crippen LogP contribution in [0.4, 0.5) is 0 Å². The van der Waals surface area contributed by atoms with Gasteiger partial charge in [0.05, 0.1) is 11.4 Å². The maximum absolute atomic E-state index is 12.0. The highest BCUT2D eigenvalue weighted by Crippen LogP contribution is 2.25. The minimum Gasteiger partial charge on any atom is -0.377 e. The molecule has 0 aromatic rings. The maximum atomic E-state index is 12.0. The second-order valence-electron chi connectivity index (χ2n) is 5.63. The van der Waals surface area contributed by atoms with Gasteiger partial charge in [0.2, 0.25) is 5.60 Å². The van der Waals surface area contributed by atoms with Crippen LogP contribution in [0, 0.1) is 0 Å². The molecule has 19 heavy (non-hydrogen) atoms. The maximum Gasteiger partial charge on any atom is 0.381 e. The quantitative estimate of drug-likeness (QED) is 0.569. The van der Waals surface area contributed by atoms with Crippen LogP contribution < -0.4 is 0 Å². The van der Waals surface area contributed by atoms with E-state index in [1.807, 2.05) is 6.92 Å². The van der Waals surface area contributed by atoms with Gasteiger partial charge in [0.1, 0.15) is 0 Å². The fourth-order valence-corrected chi connectivity index (χ4v) is 2.45. The molecule has 1 unspecified atom stereocenters. The molecule has 0 N–H and O–H groups in total. The molecule has 0 saturated heterocycles. The van der Waals surface area contributed by atoms with Crippen LogP contribution in [0.15, 0.2) is 10.3 Å². The fourth-order valence-electron chi connectivity index (χ4n) is 2.45. The van der Waals surface area contributed by atoms with Crippen LogP contribution in [0.25, 0.3) is 0 Å². The Kier molecular flexibility index (Phi) is 4.56. The van der Waals surface area contributed by atoms with Crippen molar-refractivity contribution in [2.45, 2.75) is 70.8 Å². The summed E-state index contributed by atoms with van der Waals surface area (Å²) in [5.41, 5.74) is 0.792. The normalized spacial score (nSPS) is 27.9. The standard InChI is InChI=1S/C14H22N2O3/c1-11-10-14(2,19-15-11)13(17)18-16-12-8-6-4-3-5-7-9-12/h3-10H2,1-2H3. The van der Waals surface area contributed by atoms with Crippen molar-refractivity contribution in [2.24, 2.45) is 10.3 Å². The van der Waals surface area contributed by atoms with Gasteiger partial charge >= 0.3 is 5.97 Å².